The molecule has 8 heavy (non-hydrogen) atoms. The summed E-state index contributed by atoms with van der Waals surface area (Å²) in [4.78, 5) is 0. The lowest BCUT2D eigenvalue weighted by molar-refractivity contribution is 0.419. The highest BCUT2D eigenvalue weighted by Gasteiger charge is 1.90. The molecular formula is C6H11NO. The van der Waals surface area contributed by atoms with Gasteiger partial charge in [0, 0.05) is 7.05 Å². The summed E-state index contributed by atoms with van der Waals surface area (Å²) in [6.07, 6.45) is 1.75. The van der Waals surface area contributed by atoms with E-state index in [-0.39, 0.29) is 5.76 Å². The van der Waals surface area contributed by atoms with Crippen molar-refractivity contribution in [2.24, 2.45) is 0 Å². The molecule has 0 saturated heterocycles. The summed E-state index contributed by atoms with van der Waals surface area (Å²) in [6.45, 7) is 5.15. The number of likely N-dealkylation sites (N-methyl/N-ethyl adjacent to an activating group) is 1. The number of allylic oxidation sites excluding steroid dienone is 1. The van der Waals surface area contributed by atoms with E-state index in [0.29, 0.717) is 5.70 Å². The molecule has 0 aromatic rings. The van der Waals surface area contributed by atoms with Crippen molar-refractivity contribution in [3.05, 3.63) is 24.1 Å². The van der Waals surface area contributed by atoms with Crippen LogP contribution in [0.25, 0.3) is 0 Å². The van der Waals surface area contributed by atoms with Crippen LogP contribution in [0.4, 0.5) is 0 Å². The summed E-state index contributed by atoms with van der Waals surface area (Å²) in [5, 5.41) is 11.4. The Bertz CT molecular complexity index is 116. The summed E-state index contributed by atoms with van der Waals surface area (Å²) in [6, 6.07) is 0. The third kappa shape index (κ3) is 1.69. The molecule has 0 heterocycles. The van der Waals surface area contributed by atoms with Crippen molar-refractivity contribution in [3.8, 4) is 0 Å². The van der Waals surface area contributed by atoms with E-state index in [4.69, 9.17) is 5.11 Å². The minimum Gasteiger partial charge on any atom is -0.506 e. The average Bonchev–Trinajstić information content (AvgIpc) is 1.69. The van der Waals surface area contributed by atoms with Crippen molar-refractivity contribution < 1.29 is 5.11 Å². The molecule has 0 fully saturated rings. The molecule has 0 aliphatic heterocycles. The maximum absolute atomic E-state index is 8.69. The zero-order chi connectivity index (χ0) is 6.57. The van der Waals surface area contributed by atoms with Gasteiger partial charge in [-0.05, 0) is 6.92 Å². The maximum atomic E-state index is 8.69. The van der Waals surface area contributed by atoms with Crippen molar-refractivity contribution in [1.29, 1.82) is 0 Å². The van der Waals surface area contributed by atoms with Gasteiger partial charge in [-0.15, -0.1) is 0 Å². The highest BCUT2D eigenvalue weighted by atomic mass is 16.3. The van der Waals surface area contributed by atoms with Crippen LogP contribution in [0.15, 0.2) is 24.1 Å². The molecule has 0 aliphatic carbocycles. The van der Waals surface area contributed by atoms with Crippen LogP contribution < -0.4 is 5.32 Å². The minimum atomic E-state index is 0.0787. The maximum Gasteiger partial charge on any atom is 0.131 e. The van der Waals surface area contributed by atoms with Crippen molar-refractivity contribution in [1.82, 2.24) is 5.32 Å². The molecule has 0 bridgehead atoms. The fraction of sp³-hybridized carbons (Fsp3) is 0.333. The molecule has 2 heteroatoms. The second-order valence-corrected chi connectivity index (χ2v) is 1.40. The Morgan fingerprint density at radius 3 is 2.25 bits per heavy atom. The Balaban J connectivity index is 3.92. The van der Waals surface area contributed by atoms with Gasteiger partial charge in [-0.1, -0.05) is 12.7 Å². The highest BCUT2D eigenvalue weighted by molar-refractivity contribution is 5.18. The van der Waals surface area contributed by atoms with Crippen LogP contribution >= 0.6 is 0 Å². The van der Waals surface area contributed by atoms with Crippen LogP contribution in [0, 0.1) is 0 Å². The predicted molar refractivity (Wildman–Crippen MR) is 34.6 cm³/mol. The number of aliphatic hydroxyl groups excluding tert-OH is 1. The molecule has 2 N–H and O–H groups in total. The van der Waals surface area contributed by atoms with Gasteiger partial charge >= 0.3 is 0 Å². The number of rotatable bonds is 2. The van der Waals surface area contributed by atoms with Gasteiger partial charge in [0.1, 0.15) is 5.76 Å². The van der Waals surface area contributed by atoms with Gasteiger partial charge in [0.05, 0.1) is 5.70 Å². The van der Waals surface area contributed by atoms with Crippen molar-refractivity contribution in [3.63, 3.8) is 0 Å². The number of aliphatic hydroxyl groups is 1. The Hall–Kier alpha value is -0.920. The summed E-state index contributed by atoms with van der Waals surface area (Å²) in [5.41, 5.74) is 0.671. The van der Waals surface area contributed by atoms with E-state index in [1.54, 1.807) is 13.1 Å². The zero-order valence-corrected chi connectivity index (χ0v) is 5.23. The molecule has 0 radical (unpaired) electrons. The van der Waals surface area contributed by atoms with Gasteiger partial charge in [-0.25, -0.2) is 0 Å². The quantitative estimate of drug-likeness (QED) is 0.416. The summed E-state index contributed by atoms with van der Waals surface area (Å²) in [5.74, 6) is 0.0787. The van der Waals surface area contributed by atoms with Gasteiger partial charge < -0.3 is 10.4 Å². The first-order valence-electron chi connectivity index (χ1n) is 2.44. The van der Waals surface area contributed by atoms with Crippen LogP contribution in [0.1, 0.15) is 6.92 Å². The molecule has 2 nitrogen and oxygen atoms in total. The lowest BCUT2D eigenvalue weighted by Gasteiger charge is -2.00. The normalized spacial score (nSPS) is 11.0. The average molecular weight is 113 g/mol. The largest absolute Gasteiger partial charge is 0.506 e. The van der Waals surface area contributed by atoms with E-state index in [1.165, 1.54) is 0 Å². The smallest absolute Gasteiger partial charge is 0.131 e. The van der Waals surface area contributed by atoms with E-state index in [0.717, 1.165) is 0 Å². The fourth-order valence-electron chi connectivity index (χ4n) is 0.455. The Kier molecular flexibility index (Phi) is 2.77. The molecule has 46 valence electrons. The van der Waals surface area contributed by atoms with E-state index in [1.807, 2.05) is 6.92 Å². The van der Waals surface area contributed by atoms with E-state index < -0.39 is 0 Å². The number of nitrogens with one attached hydrogen (secondary N) is 1. The van der Waals surface area contributed by atoms with Crippen molar-refractivity contribution >= 4 is 0 Å². The third-order valence-electron chi connectivity index (χ3n) is 0.869. The lowest BCUT2D eigenvalue weighted by atomic mass is 10.4. The molecular weight excluding hydrogens is 102 g/mol. The Morgan fingerprint density at radius 1 is 1.75 bits per heavy atom. The number of hydrogen-bond donors (Lipinski definition) is 2. The molecule has 0 aromatic heterocycles. The lowest BCUT2D eigenvalue weighted by Crippen LogP contribution is -2.06. The van der Waals surface area contributed by atoms with Crippen molar-refractivity contribution in [2.75, 3.05) is 7.05 Å². The molecule has 0 amide bonds. The van der Waals surface area contributed by atoms with E-state index >= 15 is 0 Å². The van der Waals surface area contributed by atoms with Crippen LogP contribution in [0.5, 0.6) is 0 Å². The van der Waals surface area contributed by atoms with Crippen LogP contribution in [-0.4, -0.2) is 12.2 Å². The third-order valence-corrected chi connectivity index (χ3v) is 0.869. The zero-order valence-electron chi connectivity index (χ0n) is 5.23. The van der Waals surface area contributed by atoms with Gasteiger partial charge in [-0.2, -0.15) is 0 Å². The van der Waals surface area contributed by atoms with Crippen LogP contribution in [-0.2, 0) is 0 Å². The Labute approximate surface area is 49.5 Å². The standard InChI is InChI=1S/C6H11NO/c1-4-6(7-3)5(2)8/h4,7-8H,2H2,1,3H3/b6-4-. The summed E-state index contributed by atoms with van der Waals surface area (Å²) >= 11 is 0. The first-order chi connectivity index (χ1) is 3.72. The Morgan fingerprint density at radius 2 is 2.25 bits per heavy atom. The molecule has 0 aliphatic rings. The van der Waals surface area contributed by atoms with E-state index in [2.05, 4.69) is 11.9 Å². The fourth-order valence-corrected chi connectivity index (χ4v) is 0.455. The first-order valence-corrected chi connectivity index (χ1v) is 2.44. The second-order valence-electron chi connectivity index (χ2n) is 1.40. The minimum absolute atomic E-state index is 0.0787. The summed E-state index contributed by atoms with van der Waals surface area (Å²) < 4.78 is 0. The van der Waals surface area contributed by atoms with Gasteiger partial charge in [-0.3, -0.25) is 0 Å². The molecule has 0 atom stereocenters. The second kappa shape index (κ2) is 3.13. The summed E-state index contributed by atoms with van der Waals surface area (Å²) in [7, 11) is 1.73. The molecule has 0 unspecified atom stereocenters. The van der Waals surface area contributed by atoms with Gasteiger partial charge in [0.25, 0.3) is 0 Å². The SMILES string of the molecule is C=C(O)/C(=C/C)NC. The topological polar surface area (TPSA) is 32.3 Å². The molecule has 0 saturated carbocycles. The molecule has 0 rings (SSSR count). The van der Waals surface area contributed by atoms with Gasteiger partial charge in [0.15, 0.2) is 0 Å². The molecule has 0 aromatic carbocycles. The molecule has 0 spiro atoms. The highest BCUT2D eigenvalue weighted by Crippen LogP contribution is 1.95. The van der Waals surface area contributed by atoms with Crippen LogP contribution in [0.2, 0.25) is 0 Å². The first kappa shape index (κ1) is 7.08. The van der Waals surface area contributed by atoms with Crippen molar-refractivity contribution in [2.45, 2.75) is 6.92 Å². The van der Waals surface area contributed by atoms with Crippen LogP contribution in [0.3, 0.4) is 0 Å². The number of hydrogen-bond acceptors (Lipinski definition) is 2. The monoisotopic (exact) mass is 113 g/mol. The van der Waals surface area contributed by atoms with E-state index in [9.17, 15) is 0 Å². The van der Waals surface area contributed by atoms with Gasteiger partial charge in [0.2, 0.25) is 0 Å². The predicted octanol–water partition coefficient (Wildman–Crippen LogP) is 1.18.